The molecule has 2 aliphatic rings. The number of piperidine rings is 1. The highest BCUT2D eigenvalue weighted by Gasteiger charge is 2.26. The second-order valence-corrected chi connectivity index (χ2v) is 12.2. The van der Waals surface area contributed by atoms with Gasteiger partial charge in [0.1, 0.15) is 5.82 Å². The fraction of sp³-hybridized carbons (Fsp3) is 0.407. The van der Waals surface area contributed by atoms with Crippen molar-refractivity contribution in [1.29, 1.82) is 0 Å². The lowest BCUT2D eigenvalue weighted by Gasteiger charge is -2.28. The Morgan fingerprint density at radius 3 is 2.39 bits per heavy atom. The van der Waals surface area contributed by atoms with Crippen LogP contribution in [0.1, 0.15) is 45.6 Å². The van der Waals surface area contributed by atoms with E-state index in [1.165, 1.54) is 24.9 Å². The monoisotopic (exact) mass is 506 g/mol. The largest absolute Gasteiger partial charge is 0.372 e. The van der Waals surface area contributed by atoms with Crippen molar-refractivity contribution in [1.82, 2.24) is 14.7 Å². The molecule has 0 unspecified atom stereocenters. The van der Waals surface area contributed by atoms with Crippen LogP contribution in [0.15, 0.2) is 59.6 Å². The summed E-state index contributed by atoms with van der Waals surface area (Å²) in [5, 5.41) is 3.32. The molecule has 0 bridgehead atoms. The smallest absolute Gasteiger partial charge is 0.241 e. The topological polar surface area (TPSA) is 90.5 Å². The first-order valence-electron chi connectivity index (χ1n) is 12.6. The molecule has 1 saturated heterocycles. The average molecular weight is 507 g/mol. The second-order valence-electron chi connectivity index (χ2n) is 10.5. The van der Waals surface area contributed by atoms with E-state index in [-0.39, 0.29) is 4.90 Å². The summed E-state index contributed by atoms with van der Waals surface area (Å²) >= 11 is 0. The Kier molecular flexibility index (Phi) is 6.61. The molecule has 9 heteroatoms. The van der Waals surface area contributed by atoms with Gasteiger partial charge in [0.15, 0.2) is 0 Å². The van der Waals surface area contributed by atoms with Gasteiger partial charge in [-0.15, -0.1) is 0 Å². The predicted octanol–water partition coefficient (Wildman–Crippen LogP) is 4.98. The molecule has 3 aromatic rings. The summed E-state index contributed by atoms with van der Waals surface area (Å²) < 4.78 is 28.5. The summed E-state index contributed by atoms with van der Waals surface area (Å²) in [5.74, 6) is 1.32. The van der Waals surface area contributed by atoms with Crippen LogP contribution in [-0.4, -0.2) is 43.6 Å². The molecule has 0 saturated carbocycles. The second kappa shape index (κ2) is 9.71. The number of sulfonamides is 1. The third kappa shape index (κ3) is 5.47. The van der Waals surface area contributed by atoms with Crippen LogP contribution in [0.3, 0.4) is 0 Å². The van der Waals surface area contributed by atoms with Gasteiger partial charge in [0, 0.05) is 54.0 Å². The van der Waals surface area contributed by atoms with E-state index < -0.39 is 15.6 Å². The zero-order chi connectivity index (χ0) is 25.3. The summed E-state index contributed by atoms with van der Waals surface area (Å²) in [6.07, 6.45) is 6.48. The van der Waals surface area contributed by atoms with Gasteiger partial charge in [-0.05, 0) is 88.9 Å². The molecule has 190 valence electrons. The summed E-state index contributed by atoms with van der Waals surface area (Å²) in [6.45, 7) is 8.44. The van der Waals surface area contributed by atoms with Crippen LogP contribution in [0, 0.1) is 0 Å². The van der Waals surface area contributed by atoms with Crippen LogP contribution in [-0.2, 0) is 16.4 Å². The third-order valence-electron chi connectivity index (χ3n) is 6.43. The Labute approximate surface area is 213 Å². The fourth-order valence-corrected chi connectivity index (χ4v) is 6.23. The molecule has 0 amide bonds. The van der Waals surface area contributed by atoms with Crippen LogP contribution in [0.2, 0.25) is 0 Å². The van der Waals surface area contributed by atoms with Crippen molar-refractivity contribution in [3.05, 3.63) is 60.3 Å². The minimum atomic E-state index is -3.63. The van der Waals surface area contributed by atoms with E-state index in [4.69, 9.17) is 4.98 Å². The van der Waals surface area contributed by atoms with Crippen LogP contribution < -0.4 is 19.8 Å². The zero-order valence-electron chi connectivity index (χ0n) is 21.2. The Bertz CT molecular complexity index is 1330. The molecule has 36 heavy (non-hydrogen) atoms. The van der Waals surface area contributed by atoms with Gasteiger partial charge < -0.3 is 15.1 Å². The van der Waals surface area contributed by atoms with E-state index in [9.17, 15) is 8.42 Å². The van der Waals surface area contributed by atoms with Crippen LogP contribution >= 0.6 is 0 Å². The first-order valence-corrected chi connectivity index (χ1v) is 14.1. The molecule has 0 aliphatic carbocycles. The van der Waals surface area contributed by atoms with Crippen molar-refractivity contribution < 1.29 is 8.42 Å². The summed E-state index contributed by atoms with van der Waals surface area (Å²) in [6, 6.07) is 15.4. The molecule has 8 nitrogen and oxygen atoms in total. The van der Waals surface area contributed by atoms with Gasteiger partial charge in [-0.1, -0.05) is 6.07 Å². The minimum absolute atomic E-state index is 0.240. The number of anilines is 5. The molecular formula is C27H34N6O2S. The van der Waals surface area contributed by atoms with Gasteiger partial charge in [-0.25, -0.2) is 18.1 Å². The first kappa shape index (κ1) is 24.5. The van der Waals surface area contributed by atoms with E-state index in [2.05, 4.69) is 49.1 Å². The van der Waals surface area contributed by atoms with Crippen LogP contribution in [0.5, 0.6) is 0 Å². The SMILES string of the molecule is CC(C)(C)NS(=O)(=O)c1cccc(N2CCc3cnc(Nc4ccc(N5CCCCC5)cc4)nc32)c1. The number of aromatic nitrogens is 2. The minimum Gasteiger partial charge on any atom is -0.372 e. The lowest BCUT2D eigenvalue weighted by atomic mass is 10.1. The van der Waals surface area contributed by atoms with E-state index in [1.807, 2.05) is 33.0 Å². The summed E-state index contributed by atoms with van der Waals surface area (Å²) in [5.41, 5.74) is 3.45. The van der Waals surface area contributed by atoms with E-state index >= 15 is 0 Å². The van der Waals surface area contributed by atoms with Crippen molar-refractivity contribution >= 4 is 38.9 Å². The Balaban J connectivity index is 1.35. The predicted molar refractivity (Wildman–Crippen MR) is 145 cm³/mol. The number of hydrogen-bond donors (Lipinski definition) is 2. The molecule has 3 heterocycles. The lowest BCUT2D eigenvalue weighted by molar-refractivity contribution is 0.491. The maximum absolute atomic E-state index is 12.9. The van der Waals surface area contributed by atoms with Gasteiger partial charge in [0.05, 0.1) is 4.90 Å². The van der Waals surface area contributed by atoms with E-state index in [0.29, 0.717) is 12.5 Å². The molecule has 2 aliphatic heterocycles. The Morgan fingerprint density at radius 2 is 1.67 bits per heavy atom. The number of nitrogens with zero attached hydrogens (tertiary/aromatic N) is 4. The normalized spacial score (nSPS) is 16.2. The van der Waals surface area contributed by atoms with Crippen molar-refractivity contribution in [3.63, 3.8) is 0 Å². The highest BCUT2D eigenvalue weighted by atomic mass is 32.2. The van der Waals surface area contributed by atoms with Crippen molar-refractivity contribution in [3.8, 4) is 0 Å². The van der Waals surface area contributed by atoms with Gasteiger partial charge in [0.2, 0.25) is 16.0 Å². The fourth-order valence-electron chi connectivity index (χ4n) is 4.77. The number of hydrogen-bond acceptors (Lipinski definition) is 7. The summed E-state index contributed by atoms with van der Waals surface area (Å²) in [7, 11) is -3.63. The molecule has 2 N–H and O–H groups in total. The van der Waals surface area contributed by atoms with Gasteiger partial charge in [0.25, 0.3) is 0 Å². The Morgan fingerprint density at radius 1 is 0.917 bits per heavy atom. The highest BCUT2D eigenvalue weighted by Crippen LogP contribution is 2.34. The van der Waals surface area contributed by atoms with Crippen LogP contribution in [0.4, 0.5) is 28.8 Å². The molecule has 5 rings (SSSR count). The standard InChI is InChI=1S/C27H34N6O2S/c1-27(2,3)31-36(34,35)24-9-7-8-23(18-24)33-17-14-20-19-28-26(30-25(20)33)29-21-10-12-22(13-11-21)32-15-5-4-6-16-32/h7-13,18-19,31H,4-6,14-17H2,1-3H3,(H,28,29,30). The number of fused-ring (bicyclic) bond motifs is 1. The van der Waals surface area contributed by atoms with Crippen molar-refractivity contribution in [2.45, 2.75) is 56.9 Å². The molecule has 0 radical (unpaired) electrons. The lowest BCUT2D eigenvalue weighted by Crippen LogP contribution is -2.40. The molecular weight excluding hydrogens is 472 g/mol. The van der Waals surface area contributed by atoms with Crippen molar-refractivity contribution in [2.75, 3.05) is 34.8 Å². The maximum Gasteiger partial charge on any atom is 0.241 e. The molecule has 1 aromatic heterocycles. The molecule has 2 aromatic carbocycles. The third-order valence-corrected chi connectivity index (χ3v) is 8.18. The molecule has 0 atom stereocenters. The summed E-state index contributed by atoms with van der Waals surface area (Å²) in [4.78, 5) is 14.0. The van der Waals surface area contributed by atoms with Gasteiger partial charge in [-0.2, -0.15) is 4.98 Å². The van der Waals surface area contributed by atoms with Gasteiger partial charge >= 0.3 is 0 Å². The number of nitrogens with one attached hydrogen (secondary N) is 2. The zero-order valence-corrected chi connectivity index (χ0v) is 22.0. The highest BCUT2D eigenvalue weighted by molar-refractivity contribution is 7.89. The molecule has 0 spiro atoms. The van der Waals surface area contributed by atoms with Gasteiger partial charge in [-0.3, -0.25) is 0 Å². The Hall–Kier alpha value is -3.17. The molecule has 1 fully saturated rings. The maximum atomic E-state index is 12.9. The first-order chi connectivity index (χ1) is 17.2. The number of rotatable bonds is 6. The van der Waals surface area contributed by atoms with Crippen molar-refractivity contribution in [2.24, 2.45) is 0 Å². The van der Waals surface area contributed by atoms with E-state index in [1.54, 1.807) is 18.2 Å². The number of benzene rings is 2. The van der Waals surface area contributed by atoms with Crippen LogP contribution in [0.25, 0.3) is 0 Å². The van der Waals surface area contributed by atoms with E-state index in [0.717, 1.165) is 42.3 Å². The average Bonchev–Trinajstić information content (AvgIpc) is 3.27. The quantitative estimate of drug-likeness (QED) is 0.487.